The van der Waals surface area contributed by atoms with E-state index in [0.29, 0.717) is 17.3 Å². The third kappa shape index (κ3) is 5.38. The highest BCUT2D eigenvalue weighted by molar-refractivity contribution is 6.30. The van der Waals surface area contributed by atoms with E-state index in [1.807, 2.05) is 30.3 Å². The molecule has 0 fully saturated rings. The van der Waals surface area contributed by atoms with Gasteiger partial charge in [0.1, 0.15) is 12.3 Å². The molecule has 0 saturated heterocycles. The molecule has 0 radical (unpaired) electrons. The van der Waals surface area contributed by atoms with Gasteiger partial charge in [-0.3, -0.25) is 0 Å². The van der Waals surface area contributed by atoms with Gasteiger partial charge in [0.05, 0.1) is 12.4 Å². The molecule has 2 heterocycles. The Morgan fingerprint density at radius 2 is 1.77 bits per heavy atom. The van der Waals surface area contributed by atoms with Gasteiger partial charge in [-0.05, 0) is 54.3 Å². The van der Waals surface area contributed by atoms with Crippen molar-refractivity contribution in [1.29, 1.82) is 0 Å². The Bertz CT molecular complexity index is 765. The summed E-state index contributed by atoms with van der Waals surface area (Å²) in [6.45, 7) is 0.531. The molecule has 0 unspecified atom stereocenters. The van der Waals surface area contributed by atoms with Crippen LogP contribution in [0.2, 0.25) is 5.02 Å². The molecule has 9 heteroatoms. The summed E-state index contributed by atoms with van der Waals surface area (Å²) in [5.74, 6) is 0. The second-order valence-corrected chi connectivity index (χ2v) is 6.09. The smallest absolute Gasteiger partial charge is 0.185 e. The van der Waals surface area contributed by atoms with E-state index in [9.17, 15) is 0 Å². The Labute approximate surface area is 156 Å². The maximum atomic E-state index is 5.97. The van der Waals surface area contributed by atoms with Gasteiger partial charge in [-0.25, -0.2) is 0 Å². The molecule has 0 aliphatic carbocycles. The van der Waals surface area contributed by atoms with E-state index in [2.05, 4.69) is 36.0 Å². The van der Waals surface area contributed by atoms with E-state index in [1.54, 1.807) is 12.4 Å². The molecule has 3 rings (SSSR count). The molecule has 0 amide bonds. The number of hydrogen-bond acceptors (Lipinski definition) is 8. The Morgan fingerprint density at radius 3 is 2.50 bits per heavy atom. The Morgan fingerprint density at radius 1 is 0.962 bits per heavy atom. The van der Waals surface area contributed by atoms with Crippen LogP contribution in [0, 0.1) is 0 Å². The second-order valence-electron chi connectivity index (χ2n) is 5.65. The predicted molar refractivity (Wildman–Crippen MR) is 97.0 cm³/mol. The van der Waals surface area contributed by atoms with Crippen molar-refractivity contribution in [2.75, 3.05) is 6.61 Å². The van der Waals surface area contributed by atoms with E-state index >= 15 is 0 Å². The van der Waals surface area contributed by atoms with Crippen molar-refractivity contribution in [2.45, 2.75) is 31.8 Å². The van der Waals surface area contributed by atoms with Gasteiger partial charge in [-0.1, -0.05) is 28.9 Å². The molecular formula is C17H18ClN7O. The SMILES string of the molecule is Clc1ccc(/C(=N/OCCCCCC2N=NN=N2)c2ccnnc2)cc1. The summed E-state index contributed by atoms with van der Waals surface area (Å²) in [6, 6.07) is 9.28. The topological polar surface area (TPSA) is 96.8 Å². The fraction of sp³-hybridized carbons (Fsp3) is 0.353. The zero-order chi connectivity index (χ0) is 18.0. The minimum absolute atomic E-state index is 0.107. The number of oxime groups is 1. The number of halogens is 1. The summed E-state index contributed by atoms with van der Waals surface area (Å²) >= 11 is 5.97. The lowest BCUT2D eigenvalue weighted by atomic mass is 10.1. The van der Waals surface area contributed by atoms with Crippen LogP contribution in [0.15, 0.2) is 68.6 Å². The fourth-order valence-corrected chi connectivity index (χ4v) is 2.52. The van der Waals surface area contributed by atoms with Crippen molar-refractivity contribution in [2.24, 2.45) is 25.8 Å². The molecule has 2 aromatic rings. The molecule has 1 aliphatic heterocycles. The van der Waals surface area contributed by atoms with E-state index in [-0.39, 0.29) is 6.17 Å². The third-order valence-electron chi connectivity index (χ3n) is 3.74. The van der Waals surface area contributed by atoms with Gasteiger partial charge in [-0.2, -0.15) is 10.2 Å². The maximum absolute atomic E-state index is 5.97. The first-order chi connectivity index (χ1) is 12.8. The summed E-state index contributed by atoms with van der Waals surface area (Å²) in [5.41, 5.74) is 2.43. The van der Waals surface area contributed by atoms with Crippen molar-refractivity contribution < 1.29 is 4.84 Å². The molecule has 0 N–H and O–H groups in total. The van der Waals surface area contributed by atoms with Crippen LogP contribution >= 0.6 is 11.6 Å². The molecule has 0 saturated carbocycles. The highest BCUT2D eigenvalue weighted by Crippen LogP contribution is 2.15. The molecule has 1 aromatic carbocycles. The third-order valence-corrected chi connectivity index (χ3v) is 3.99. The molecule has 8 nitrogen and oxygen atoms in total. The minimum atomic E-state index is -0.107. The van der Waals surface area contributed by atoms with Gasteiger partial charge in [0.2, 0.25) is 0 Å². The molecule has 134 valence electrons. The number of rotatable bonds is 9. The molecular weight excluding hydrogens is 354 g/mol. The lowest BCUT2D eigenvalue weighted by Crippen LogP contribution is -2.06. The molecule has 0 atom stereocenters. The van der Waals surface area contributed by atoms with Crippen LogP contribution in [0.3, 0.4) is 0 Å². The van der Waals surface area contributed by atoms with E-state index in [0.717, 1.165) is 36.8 Å². The fourth-order valence-electron chi connectivity index (χ4n) is 2.40. The summed E-state index contributed by atoms with van der Waals surface area (Å²) in [4.78, 5) is 5.53. The monoisotopic (exact) mass is 371 g/mol. The van der Waals surface area contributed by atoms with Gasteiger partial charge < -0.3 is 4.84 Å². The first-order valence-electron chi connectivity index (χ1n) is 8.36. The lowest BCUT2D eigenvalue weighted by Gasteiger charge is -2.07. The highest BCUT2D eigenvalue weighted by atomic mass is 35.5. The van der Waals surface area contributed by atoms with Crippen LogP contribution in [0.5, 0.6) is 0 Å². The van der Waals surface area contributed by atoms with Crippen molar-refractivity contribution in [3.05, 3.63) is 58.9 Å². The predicted octanol–water partition coefficient (Wildman–Crippen LogP) is 4.62. The van der Waals surface area contributed by atoms with Crippen LogP contribution in [0.25, 0.3) is 0 Å². The second kappa shape index (κ2) is 9.67. The van der Waals surface area contributed by atoms with Crippen LogP contribution in [-0.4, -0.2) is 28.7 Å². The van der Waals surface area contributed by atoms with E-state index in [1.165, 1.54) is 0 Å². The summed E-state index contributed by atoms with van der Waals surface area (Å²) < 4.78 is 0. The zero-order valence-electron chi connectivity index (χ0n) is 14.1. The number of aromatic nitrogens is 2. The van der Waals surface area contributed by atoms with E-state index in [4.69, 9.17) is 16.4 Å². The summed E-state index contributed by atoms with van der Waals surface area (Å²) in [5, 5.41) is 27.5. The average Bonchev–Trinajstić information content (AvgIpc) is 3.19. The average molecular weight is 372 g/mol. The first kappa shape index (κ1) is 18.1. The van der Waals surface area contributed by atoms with Crippen molar-refractivity contribution in [3.63, 3.8) is 0 Å². The van der Waals surface area contributed by atoms with Crippen molar-refractivity contribution >= 4 is 17.3 Å². The van der Waals surface area contributed by atoms with Gasteiger partial charge in [0, 0.05) is 16.1 Å². The summed E-state index contributed by atoms with van der Waals surface area (Å²) in [6.07, 6.45) is 6.92. The van der Waals surface area contributed by atoms with Crippen molar-refractivity contribution in [3.8, 4) is 0 Å². The maximum Gasteiger partial charge on any atom is 0.185 e. The molecule has 1 aliphatic rings. The quantitative estimate of drug-likeness (QED) is 0.365. The Balaban J connectivity index is 1.52. The number of nitrogens with zero attached hydrogens (tertiary/aromatic N) is 7. The van der Waals surface area contributed by atoms with Gasteiger partial charge in [0.15, 0.2) is 6.17 Å². The molecule has 1 aromatic heterocycles. The summed E-state index contributed by atoms with van der Waals surface area (Å²) in [7, 11) is 0. The zero-order valence-corrected chi connectivity index (χ0v) is 14.8. The van der Waals surface area contributed by atoms with Gasteiger partial charge >= 0.3 is 0 Å². The number of unbranched alkanes of at least 4 members (excludes halogenated alkanes) is 2. The van der Waals surface area contributed by atoms with E-state index < -0.39 is 0 Å². The Hall–Kier alpha value is -2.74. The van der Waals surface area contributed by atoms with Gasteiger partial charge in [0.25, 0.3) is 0 Å². The van der Waals surface area contributed by atoms with Crippen LogP contribution in [0.4, 0.5) is 0 Å². The Kier molecular flexibility index (Phi) is 6.72. The number of hydrogen-bond donors (Lipinski definition) is 0. The first-order valence-corrected chi connectivity index (χ1v) is 8.73. The van der Waals surface area contributed by atoms with Crippen molar-refractivity contribution in [1.82, 2.24) is 10.2 Å². The minimum Gasteiger partial charge on any atom is -0.395 e. The van der Waals surface area contributed by atoms with Crippen LogP contribution in [0.1, 0.15) is 36.8 Å². The van der Waals surface area contributed by atoms with Gasteiger partial charge in [-0.15, -0.1) is 10.2 Å². The standard InChI is InChI=1S/C17H18ClN7O/c18-15-7-5-13(6-8-15)17(14-9-10-19-20-12-14)23-26-11-3-1-2-4-16-21-24-25-22-16/h5-10,12,16H,1-4,11H2/b23-17-. The largest absolute Gasteiger partial charge is 0.395 e. The lowest BCUT2D eigenvalue weighted by molar-refractivity contribution is 0.140. The number of benzene rings is 1. The molecule has 0 spiro atoms. The van der Waals surface area contributed by atoms with Crippen LogP contribution < -0.4 is 0 Å². The molecule has 26 heavy (non-hydrogen) atoms. The molecule has 0 bridgehead atoms. The highest BCUT2D eigenvalue weighted by Gasteiger charge is 2.10. The normalized spacial score (nSPS) is 14.1. The van der Waals surface area contributed by atoms with Crippen LogP contribution in [-0.2, 0) is 4.84 Å².